The van der Waals surface area contributed by atoms with Gasteiger partial charge in [0.15, 0.2) is 0 Å². The number of hydrogen-bond acceptors (Lipinski definition) is 4. The lowest BCUT2D eigenvalue weighted by Gasteiger charge is -2.21. The van der Waals surface area contributed by atoms with Gasteiger partial charge in [-0.1, -0.05) is 0 Å². The van der Waals surface area contributed by atoms with Crippen LogP contribution in [-0.2, 0) is 13.2 Å². The Bertz CT molecular complexity index is 480. The third-order valence-corrected chi connectivity index (χ3v) is 2.68. The van der Waals surface area contributed by atoms with Crippen LogP contribution in [0.25, 0.3) is 0 Å². The van der Waals surface area contributed by atoms with Gasteiger partial charge in [-0.15, -0.1) is 0 Å². The summed E-state index contributed by atoms with van der Waals surface area (Å²) in [5, 5.41) is 9.30. The zero-order chi connectivity index (χ0) is 12.3. The highest BCUT2D eigenvalue weighted by molar-refractivity contribution is 5.53. The molecule has 2 aromatic heterocycles. The molecule has 4 nitrogen and oxygen atoms in total. The van der Waals surface area contributed by atoms with E-state index in [9.17, 15) is 5.11 Å². The van der Waals surface area contributed by atoms with Crippen molar-refractivity contribution in [2.24, 2.45) is 0 Å². The van der Waals surface area contributed by atoms with E-state index in [0.717, 1.165) is 29.1 Å². The average molecular weight is 232 g/mol. The van der Waals surface area contributed by atoms with Gasteiger partial charge in [0.2, 0.25) is 0 Å². The van der Waals surface area contributed by atoms with Gasteiger partial charge >= 0.3 is 0 Å². The standard InChI is InChI=1S/C13H16N2O2/c1-10-5-13(12(8-16)6-14-10)15(2)7-11-3-4-17-9-11/h3-6,9,16H,7-8H2,1-2H3. The SMILES string of the molecule is Cc1cc(N(C)Cc2ccoc2)c(CO)cn1. The molecular formula is C13H16N2O2. The van der Waals surface area contributed by atoms with Gasteiger partial charge < -0.3 is 14.4 Å². The summed E-state index contributed by atoms with van der Waals surface area (Å²) in [7, 11) is 1.99. The van der Waals surface area contributed by atoms with Crippen LogP contribution in [0.1, 0.15) is 16.8 Å². The van der Waals surface area contributed by atoms with Crippen molar-refractivity contribution in [1.29, 1.82) is 0 Å². The Morgan fingerprint density at radius 3 is 2.94 bits per heavy atom. The van der Waals surface area contributed by atoms with Crippen molar-refractivity contribution in [3.05, 3.63) is 47.7 Å². The number of furan rings is 1. The van der Waals surface area contributed by atoms with Gasteiger partial charge in [0, 0.05) is 42.3 Å². The molecule has 0 fully saturated rings. The van der Waals surface area contributed by atoms with Gasteiger partial charge in [-0.3, -0.25) is 4.98 Å². The number of nitrogens with zero attached hydrogens (tertiary/aromatic N) is 2. The van der Waals surface area contributed by atoms with Crippen LogP contribution < -0.4 is 4.90 Å². The summed E-state index contributed by atoms with van der Waals surface area (Å²) in [6, 6.07) is 3.91. The van der Waals surface area contributed by atoms with E-state index in [4.69, 9.17) is 4.42 Å². The second kappa shape index (κ2) is 5.01. The second-order valence-corrected chi connectivity index (χ2v) is 4.10. The van der Waals surface area contributed by atoms with E-state index in [1.165, 1.54) is 0 Å². The summed E-state index contributed by atoms with van der Waals surface area (Å²) in [6.45, 7) is 2.68. The molecule has 0 radical (unpaired) electrons. The summed E-state index contributed by atoms with van der Waals surface area (Å²) in [6.07, 6.45) is 5.10. The normalized spacial score (nSPS) is 10.5. The smallest absolute Gasteiger partial charge is 0.0952 e. The molecule has 2 aromatic rings. The van der Waals surface area contributed by atoms with E-state index < -0.39 is 0 Å². The fourth-order valence-corrected chi connectivity index (χ4v) is 1.79. The Morgan fingerprint density at radius 2 is 2.29 bits per heavy atom. The molecule has 0 atom stereocenters. The maximum Gasteiger partial charge on any atom is 0.0952 e. The first-order chi connectivity index (χ1) is 8.20. The highest BCUT2D eigenvalue weighted by Gasteiger charge is 2.09. The van der Waals surface area contributed by atoms with E-state index in [-0.39, 0.29) is 6.61 Å². The number of anilines is 1. The molecule has 0 spiro atoms. The lowest BCUT2D eigenvalue weighted by molar-refractivity contribution is 0.281. The van der Waals surface area contributed by atoms with Crippen molar-refractivity contribution in [1.82, 2.24) is 4.98 Å². The Balaban J connectivity index is 2.23. The lowest BCUT2D eigenvalue weighted by Crippen LogP contribution is -2.18. The van der Waals surface area contributed by atoms with Crippen LogP contribution in [-0.4, -0.2) is 17.1 Å². The molecule has 0 saturated carbocycles. The molecule has 0 aromatic carbocycles. The number of pyridine rings is 1. The van der Waals surface area contributed by atoms with E-state index in [0.29, 0.717) is 0 Å². The molecule has 0 amide bonds. The molecule has 0 saturated heterocycles. The number of aromatic nitrogens is 1. The largest absolute Gasteiger partial charge is 0.472 e. The number of rotatable bonds is 4. The third kappa shape index (κ3) is 2.65. The van der Waals surface area contributed by atoms with Crippen molar-refractivity contribution in [3.8, 4) is 0 Å². The molecule has 0 unspecified atom stereocenters. The highest BCUT2D eigenvalue weighted by atomic mass is 16.3. The summed E-state index contributed by atoms with van der Waals surface area (Å²) in [5.41, 5.74) is 3.88. The number of aliphatic hydroxyl groups is 1. The van der Waals surface area contributed by atoms with Crippen LogP contribution in [0.15, 0.2) is 35.3 Å². The van der Waals surface area contributed by atoms with Gasteiger partial charge in [0.05, 0.1) is 19.1 Å². The topological polar surface area (TPSA) is 49.5 Å². The van der Waals surface area contributed by atoms with E-state index in [1.54, 1.807) is 18.7 Å². The number of hydrogen-bond donors (Lipinski definition) is 1. The van der Waals surface area contributed by atoms with Crippen LogP contribution in [0, 0.1) is 6.92 Å². The monoisotopic (exact) mass is 232 g/mol. The quantitative estimate of drug-likeness (QED) is 0.877. The highest BCUT2D eigenvalue weighted by Crippen LogP contribution is 2.21. The van der Waals surface area contributed by atoms with E-state index in [2.05, 4.69) is 9.88 Å². The number of aryl methyl sites for hydroxylation is 1. The second-order valence-electron chi connectivity index (χ2n) is 4.10. The molecule has 1 N–H and O–H groups in total. The molecule has 17 heavy (non-hydrogen) atoms. The predicted molar refractivity (Wildman–Crippen MR) is 65.7 cm³/mol. The molecule has 0 bridgehead atoms. The molecule has 90 valence electrons. The van der Waals surface area contributed by atoms with Gasteiger partial charge in [0.1, 0.15) is 0 Å². The van der Waals surface area contributed by atoms with Crippen LogP contribution in [0.5, 0.6) is 0 Å². The van der Waals surface area contributed by atoms with Gasteiger partial charge in [-0.2, -0.15) is 0 Å². The fourth-order valence-electron chi connectivity index (χ4n) is 1.79. The Kier molecular flexibility index (Phi) is 3.44. The number of aliphatic hydroxyl groups excluding tert-OH is 1. The van der Waals surface area contributed by atoms with Gasteiger partial charge in [-0.05, 0) is 19.1 Å². The summed E-state index contributed by atoms with van der Waals surface area (Å²) in [4.78, 5) is 6.26. The molecule has 0 aliphatic carbocycles. The zero-order valence-electron chi connectivity index (χ0n) is 10.1. The molecule has 0 aliphatic heterocycles. The van der Waals surface area contributed by atoms with Crippen molar-refractivity contribution in [3.63, 3.8) is 0 Å². The van der Waals surface area contributed by atoms with Crippen molar-refractivity contribution < 1.29 is 9.52 Å². The van der Waals surface area contributed by atoms with Crippen molar-refractivity contribution >= 4 is 5.69 Å². The van der Waals surface area contributed by atoms with Gasteiger partial charge in [0.25, 0.3) is 0 Å². The molecule has 2 rings (SSSR count). The zero-order valence-corrected chi connectivity index (χ0v) is 10.1. The van der Waals surface area contributed by atoms with Crippen LogP contribution in [0.3, 0.4) is 0 Å². The molecule has 2 heterocycles. The minimum atomic E-state index is -0.00165. The molecule has 0 aliphatic rings. The maximum absolute atomic E-state index is 9.30. The van der Waals surface area contributed by atoms with E-state index >= 15 is 0 Å². The predicted octanol–water partition coefficient (Wildman–Crippen LogP) is 2.11. The van der Waals surface area contributed by atoms with Crippen LogP contribution >= 0.6 is 0 Å². The first kappa shape index (κ1) is 11.7. The Morgan fingerprint density at radius 1 is 1.47 bits per heavy atom. The van der Waals surface area contributed by atoms with Crippen molar-refractivity contribution in [2.45, 2.75) is 20.1 Å². The average Bonchev–Trinajstić information content (AvgIpc) is 2.81. The summed E-state index contributed by atoms with van der Waals surface area (Å²) < 4.78 is 5.04. The summed E-state index contributed by atoms with van der Waals surface area (Å²) in [5.74, 6) is 0. The minimum Gasteiger partial charge on any atom is -0.472 e. The first-order valence-electron chi connectivity index (χ1n) is 5.49. The molecule has 4 heteroatoms. The maximum atomic E-state index is 9.30. The minimum absolute atomic E-state index is 0.00165. The van der Waals surface area contributed by atoms with Crippen LogP contribution in [0.2, 0.25) is 0 Å². The fraction of sp³-hybridized carbons (Fsp3) is 0.308. The molecular weight excluding hydrogens is 216 g/mol. The Labute approximate surface area is 101 Å². The van der Waals surface area contributed by atoms with E-state index in [1.807, 2.05) is 26.1 Å². The first-order valence-corrected chi connectivity index (χ1v) is 5.49. The van der Waals surface area contributed by atoms with Crippen LogP contribution in [0.4, 0.5) is 5.69 Å². The Hall–Kier alpha value is -1.81. The van der Waals surface area contributed by atoms with Gasteiger partial charge in [-0.25, -0.2) is 0 Å². The summed E-state index contributed by atoms with van der Waals surface area (Å²) >= 11 is 0. The lowest BCUT2D eigenvalue weighted by atomic mass is 10.2. The third-order valence-electron chi connectivity index (χ3n) is 2.68. The van der Waals surface area contributed by atoms with Crippen molar-refractivity contribution in [2.75, 3.05) is 11.9 Å².